The highest BCUT2D eigenvalue weighted by Gasteiger charge is 2.60. The number of rotatable bonds is 8. The van der Waals surface area contributed by atoms with Gasteiger partial charge in [-0.05, 0) is 41.9 Å². The van der Waals surface area contributed by atoms with Gasteiger partial charge in [-0.15, -0.1) is 5.10 Å². The fraction of sp³-hybridized carbons (Fsp3) is 0.300. The average molecular weight is 439 g/mol. The van der Waals surface area contributed by atoms with E-state index < -0.39 is 17.4 Å². The smallest absolute Gasteiger partial charge is 0.254 e. The monoisotopic (exact) mass is 438 g/mol. The van der Waals surface area contributed by atoms with Crippen LogP contribution >= 0.6 is 11.5 Å². The van der Waals surface area contributed by atoms with Gasteiger partial charge in [-0.1, -0.05) is 30.5 Å². The Bertz CT molecular complexity index is 1120. The zero-order valence-electron chi connectivity index (χ0n) is 17.0. The molecule has 0 spiro atoms. The largest absolute Gasteiger partial charge is 0.368 e. The molecule has 1 aliphatic rings. The first-order chi connectivity index (χ1) is 14.8. The standard InChI is InChI=1S/C20H22N8O2S/c1-10(2)14-7-20(14,18(22)30)26-19-23-8-13(16(21)29)17(25-19)24-12-5-3-11(4-6-12)15-9-31-28-27-15/h3-6,8-10,14H,7H2,1-2H3,(H2,21,29)(H2,22,30)(H2,23,24,25,26)/t14-,20?/m1/s1. The van der Waals surface area contributed by atoms with Gasteiger partial charge in [0.05, 0.1) is 0 Å². The molecule has 31 heavy (non-hydrogen) atoms. The quantitative estimate of drug-likeness (QED) is 0.416. The highest BCUT2D eigenvalue weighted by Crippen LogP contribution is 2.50. The number of primary amides is 2. The van der Waals surface area contributed by atoms with E-state index in [0.29, 0.717) is 12.1 Å². The molecule has 0 aliphatic heterocycles. The second-order valence-electron chi connectivity index (χ2n) is 7.83. The first kappa shape index (κ1) is 20.7. The van der Waals surface area contributed by atoms with Crippen LogP contribution < -0.4 is 22.1 Å². The van der Waals surface area contributed by atoms with E-state index in [0.717, 1.165) is 11.3 Å². The molecule has 1 saturated carbocycles. The topological polar surface area (TPSA) is 162 Å². The van der Waals surface area contributed by atoms with Gasteiger partial charge < -0.3 is 22.1 Å². The Morgan fingerprint density at radius 3 is 2.52 bits per heavy atom. The molecule has 6 N–H and O–H groups in total. The number of aromatic nitrogens is 4. The minimum absolute atomic E-state index is 0.0913. The molecule has 160 valence electrons. The summed E-state index contributed by atoms with van der Waals surface area (Å²) in [6.07, 6.45) is 1.94. The summed E-state index contributed by atoms with van der Waals surface area (Å²) in [5.74, 6) is -0.331. The molecule has 10 nitrogen and oxygen atoms in total. The van der Waals surface area contributed by atoms with Crippen LogP contribution in [0.15, 0.2) is 35.8 Å². The van der Waals surface area contributed by atoms with Gasteiger partial charge in [0.2, 0.25) is 11.9 Å². The predicted octanol–water partition coefficient (Wildman–Crippen LogP) is 2.15. The van der Waals surface area contributed by atoms with Crippen molar-refractivity contribution < 1.29 is 9.59 Å². The average Bonchev–Trinajstić information content (AvgIpc) is 3.21. The first-order valence-corrected chi connectivity index (χ1v) is 10.5. The van der Waals surface area contributed by atoms with E-state index in [1.54, 1.807) is 0 Å². The first-order valence-electron chi connectivity index (χ1n) is 9.69. The van der Waals surface area contributed by atoms with Crippen LogP contribution in [0.3, 0.4) is 0 Å². The van der Waals surface area contributed by atoms with E-state index in [1.165, 1.54) is 17.7 Å². The summed E-state index contributed by atoms with van der Waals surface area (Å²) in [6.45, 7) is 4.07. The molecule has 2 aromatic heterocycles. The van der Waals surface area contributed by atoms with Crippen molar-refractivity contribution in [3.05, 3.63) is 41.4 Å². The van der Waals surface area contributed by atoms with Crippen molar-refractivity contribution >= 4 is 40.8 Å². The molecule has 2 amide bonds. The van der Waals surface area contributed by atoms with Crippen LogP contribution in [0, 0.1) is 11.8 Å². The molecule has 11 heteroatoms. The lowest BCUT2D eigenvalue weighted by molar-refractivity contribution is -0.120. The summed E-state index contributed by atoms with van der Waals surface area (Å²) in [7, 11) is 0. The van der Waals surface area contributed by atoms with Gasteiger partial charge in [-0.3, -0.25) is 9.59 Å². The third-order valence-electron chi connectivity index (χ3n) is 5.45. The number of nitrogens with one attached hydrogen (secondary N) is 2. The Kier molecular flexibility index (Phi) is 5.27. The van der Waals surface area contributed by atoms with Crippen molar-refractivity contribution in [1.29, 1.82) is 0 Å². The lowest BCUT2D eigenvalue weighted by Crippen LogP contribution is -2.41. The van der Waals surface area contributed by atoms with E-state index >= 15 is 0 Å². The van der Waals surface area contributed by atoms with Crippen molar-refractivity contribution in [2.45, 2.75) is 25.8 Å². The molecule has 2 heterocycles. The summed E-state index contributed by atoms with van der Waals surface area (Å²) in [4.78, 5) is 32.5. The molecule has 1 unspecified atom stereocenters. The van der Waals surface area contributed by atoms with Crippen LogP contribution in [0.25, 0.3) is 11.3 Å². The maximum Gasteiger partial charge on any atom is 0.254 e. The van der Waals surface area contributed by atoms with Crippen LogP contribution in [0.1, 0.15) is 30.6 Å². The third kappa shape index (κ3) is 4.04. The third-order valence-corrected chi connectivity index (χ3v) is 5.96. The summed E-state index contributed by atoms with van der Waals surface area (Å²) in [5, 5.41) is 12.1. The Morgan fingerprint density at radius 1 is 1.23 bits per heavy atom. The van der Waals surface area contributed by atoms with E-state index in [1.807, 2.05) is 43.5 Å². The van der Waals surface area contributed by atoms with E-state index in [2.05, 4.69) is 30.2 Å². The number of anilines is 3. The molecular weight excluding hydrogens is 416 g/mol. The van der Waals surface area contributed by atoms with Gasteiger partial charge >= 0.3 is 0 Å². The summed E-state index contributed by atoms with van der Waals surface area (Å²) < 4.78 is 3.86. The van der Waals surface area contributed by atoms with Gasteiger partial charge in [0.25, 0.3) is 5.91 Å². The minimum Gasteiger partial charge on any atom is -0.368 e. The number of amides is 2. The molecule has 1 aromatic carbocycles. The van der Waals surface area contributed by atoms with Crippen LogP contribution in [-0.2, 0) is 4.79 Å². The maximum absolute atomic E-state index is 12.1. The molecule has 0 bridgehead atoms. The van der Waals surface area contributed by atoms with Crippen molar-refractivity contribution in [3.63, 3.8) is 0 Å². The van der Waals surface area contributed by atoms with E-state index in [-0.39, 0.29) is 29.2 Å². The maximum atomic E-state index is 12.1. The fourth-order valence-electron chi connectivity index (χ4n) is 3.65. The predicted molar refractivity (Wildman–Crippen MR) is 118 cm³/mol. The second-order valence-corrected chi connectivity index (χ2v) is 8.44. The molecular formula is C20H22N8O2S. The zero-order valence-corrected chi connectivity index (χ0v) is 17.8. The minimum atomic E-state index is -0.886. The number of nitrogens with two attached hydrogens (primary N) is 2. The van der Waals surface area contributed by atoms with E-state index in [9.17, 15) is 9.59 Å². The SMILES string of the molecule is CC(C)[C@H]1CC1(Nc1ncc(C(N)=O)c(Nc2ccc(-c3csnn3)cc2)n1)C(N)=O. The van der Waals surface area contributed by atoms with E-state index in [4.69, 9.17) is 11.5 Å². The number of carbonyl (C=O) groups excluding carboxylic acids is 2. The number of carbonyl (C=O) groups is 2. The molecule has 4 rings (SSSR count). The Morgan fingerprint density at radius 2 is 1.97 bits per heavy atom. The Labute approximate surface area is 182 Å². The Hall–Kier alpha value is -3.60. The van der Waals surface area contributed by atoms with Gasteiger partial charge in [0.1, 0.15) is 22.6 Å². The highest BCUT2D eigenvalue weighted by atomic mass is 32.1. The summed E-state index contributed by atoms with van der Waals surface area (Å²) in [6, 6.07) is 7.41. The molecule has 0 saturated heterocycles. The van der Waals surface area contributed by atoms with Crippen LogP contribution in [0.2, 0.25) is 0 Å². The molecule has 1 fully saturated rings. The van der Waals surface area contributed by atoms with Crippen molar-refractivity contribution in [1.82, 2.24) is 19.6 Å². The normalized spacial score (nSPS) is 19.8. The lowest BCUT2D eigenvalue weighted by Gasteiger charge is -2.18. The van der Waals surface area contributed by atoms with Gasteiger partial charge in [-0.2, -0.15) is 4.98 Å². The molecule has 0 radical (unpaired) electrons. The Balaban J connectivity index is 1.59. The van der Waals surface area contributed by atoms with Crippen molar-refractivity contribution in [2.75, 3.05) is 10.6 Å². The second kappa shape index (κ2) is 7.91. The van der Waals surface area contributed by atoms with Gasteiger partial charge in [0.15, 0.2) is 0 Å². The summed E-state index contributed by atoms with van der Waals surface area (Å²) >= 11 is 1.28. The van der Waals surface area contributed by atoms with Crippen LogP contribution in [0.4, 0.5) is 17.5 Å². The number of benzene rings is 1. The van der Waals surface area contributed by atoms with Gasteiger partial charge in [0, 0.05) is 22.8 Å². The lowest BCUT2D eigenvalue weighted by atomic mass is 10.0. The number of hydrogen-bond donors (Lipinski definition) is 4. The fourth-order valence-corrected chi connectivity index (χ4v) is 4.12. The highest BCUT2D eigenvalue weighted by molar-refractivity contribution is 7.03. The molecule has 2 atom stereocenters. The molecule has 3 aromatic rings. The van der Waals surface area contributed by atoms with Crippen molar-refractivity contribution in [3.8, 4) is 11.3 Å². The van der Waals surface area contributed by atoms with Crippen LogP contribution in [0.5, 0.6) is 0 Å². The van der Waals surface area contributed by atoms with Gasteiger partial charge in [-0.25, -0.2) is 4.98 Å². The molecule has 1 aliphatic carbocycles. The van der Waals surface area contributed by atoms with Crippen LogP contribution in [-0.4, -0.2) is 36.9 Å². The number of nitrogens with zero attached hydrogens (tertiary/aromatic N) is 4. The zero-order chi connectivity index (χ0) is 22.2. The number of hydrogen-bond acceptors (Lipinski definition) is 9. The summed E-state index contributed by atoms with van der Waals surface area (Å²) in [5.41, 5.74) is 12.8. The van der Waals surface area contributed by atoms with Crippen molar-refractivity contribution in [2.24, 2.45) is 23.3 Å².